The minimum atomic E-state index is 0.117. The van der Waals surface area contributed by atoms with Crippen molar-refractivity contribution in [2.75, 3.05) is 18.9 Å². The summed E-state index contributed by atoms with van der Waals surface area (Å²) in [5.41, 5.74) is 6.40. The van der Waals surface area contributed by atoms with Crippen LogP contribution in [0.15, 0.2) is 18.5 Å². The zero-order valence-corrected chi connectivity index (χ0v) is 12.2. The first-order valence-corrected chi connectivity index (χ1v) is 6.95. The van der Waals surface area contributed by atoms with Crippen LogP contribution >= 0.6 is 0 Å². The van der Waals surface area contributed by atoms with Crippen LogP contribution in [0, 0.1) is 0 Å². The highest BCUT2D eigenvalue weighted by atomic mass is 16.5. The Balaban J connectivity index is 2.26. The van der Waals surface area contributed by atoms with Crippen LogP contribution in [0.4, 0.5) is 5.95 Å². The highest BCUT2D eigenvalue weighted by molar-refractivity contribution is 5.56. The van der Waals surface area contributed by atoms with E-state index in [-0.39, 0.29) is 12.0 Å². The minimum Gasteiger partial charge on any atom is -0.492 e. The van der Waals surface area contributed by atoms with Gasteiger partial charge in [-0.3, -0.25) is 4.98 Å². The second-order valence-corrected chi connectivity index (χ2v) is 4.41. The molecule has 0 saturated heterocycles. The third-order valence-corrected chi connectivity index (χ3v) is 2.51. The molecule has 2 rings (SSSR count). The van der Waals surface area contributed by atoms with Gasteiger partial charge in [0.1, 0.15) is 5.75 Å². The number of anilines is 1. The van der Waals surface area contributed by atoms with Crippen molar-refractivity contribution in [1.82, 2.24) is 19.9 Å². The van der Waals surface area contributed by atoms with E-state index >= 15 is 0 Å². The van der Waals surface area contributed by atoms with Crippen LogP contribution in [0.2, 0.25) is 0 Å². The third-order valence-electron chi connectivity index (χ3n) is 2.51. The lowest BCUT2D eigenvalue weighted by Gasteiger charge is -2.07. The molecule has 0 unspecified atom stereocenters. The van der Waals surface area contributed by atoms with Crippen LogP contribution in [0.25, 0.3) is 11.4 Å². The zero-order chi connectivity index (χ0) is 15.1. The van der Waals surface area contributed by atoms with Gasteiger partial charge in [-0.05, 0) is 18.9 Å². The lowest BCUT2D eigenvalue weighted by atomic mass is 10.2. The molecule has 0 aromatic carbocycles. The van der Waals surface area contributed by atoms with Crippen LogP contribution in [0.3, 0.4) is 0 Å². The molecular weight excluding hydrogens is 270 g/mol. The molecule has 2 heterocycles. The average molecular weight is 289 g/mol. The van der Waals surface area contributed by atoms with Crippen molar-refractivity contribution in [2.24, 2.45) is 0 Å². The van der Waals surface area contributed by atoms with Crippen LogP contribution < -0.4 is 15.2 Å². The lowest BCUT2D eigenvalue weighted by Crippen LogP contribution is -2.06. The van der Waals surface area contributed by atoms with Gasteiger partial charge in [0, 0.05) is 11.8 Å². The Morgan fingerprint density at radius 1 is 1.00 bits per heavy atom. The number of hydrogen-bond donors (Lipinski definition) is 1. The Hall–Kier alpha value is -2.44. The molecule has 0 atom stereocenters. The number of aromatic nitrogens is 4. The van der Waals surface area contributed by atoms with E-state index in [1.54, 1.807) is 12.4 Å². The van der Waals surface area contributed by atoms with Gasteiger partial charge in [0.05, 0.1) is 19.4 Å². The molecule has 21 heavy (non-hydrogen) atoms. The Morgan fingerprint density at radius 3 is 2.52 bits per heavy atom. The van der Waals surface area contributed by atoms with Crippen molar-refractivity contribution in [3.63, 3.8) is 0 Å². The first kappa shape index (κ1) is 15.0. The van der Waals surface area contributed by atoms with E-state index in [0.717, 1.165) is 12.8 Å². The molecule has 112 valence electrons. The summed E-state index contributed by atoms with van der Waals surface area (Å²) in [6.07, 6.45) is 5.09. The Labute approximate surface area is 123 Å². The Morgan fingerprint density at radius 2 is 1.76 bits per heavy atom. The molecule has 7 nitrogen and oxygen atoms in total. The van der Waals surface area contributed by atoms with E-state index < -0.39 is 0 Å². The van der Waals surface area contributed by atoms with Crippen LogP contribution in [0.1, 0.15) is 26.7 Å². The number of ether oxygens (including phenoxy) is 2. The normalized spacial score (nSPS) is 10.4. The quantitative estimate of drug-likeness (QED) is 0.833. The van der Waals surface area contributed by atoms with Gasteiger partial charge in [-0.25, -0.2) is 0 Å². The molecule has 0 radical (unpaired) electrons. The molecule has 0 amide bonds. The third kappa shape index (κ3) is 4.27. The fraction of sp³-hybridized carbons (Fsp3) is 0.429. The molecule has 0 aliphatic heterocycles. The van der Waals surface area contributed by atoms with Gasteiger partial charge in [0.2, 0.25) is 5.95 Å². The highest BCUT2D eigenvalue weighted by Crippen LogP contribution is 2.21. The summed E-state index contributed by atoms with van der Waals surface area (Å²) in [4.78, 5) is 16.4. The largest absolute Gasteiger partial charge is 0.492 e. The van der Waals surface area contributed by atoms with Gasteiger partial charge in [-0.1, -0.05) is 13.8 Å². The van der Waals surface area contributed by atoms with Crippen molar-refractivity contribution in [3.8, 4) is 23.1 Å². The lowest BCUT2D eigenvalue weighted by molar-refractivity contribution is 0.292. The van der Waals surface area contributed by atoms with E-state index in [9.17, 15) is 0 Å². The Kier molecular flexibility index (Phi) is 5.25. The summed E-state index contributed by atoms with van der Waals surface area (Å²) in [5.74, 6) is 1.21. The highest BCUT2D eigenvalue weighted by Gasteiger charge is 2.09. The minimum absolute atomic E-state index is 0.117. The Bertz CT molecular complexity index is 591. The van der Waals surface area contributed by atoms with Crippen molar-refractivity contribution in [1.29, 1.82) is 0 Å². The number of hydrogen-bond acceptors (Lipinski definition) is 7. The molecule has 0 spiro atoms. The fourth-order valence-electron chi connectivity index (χ4n) is 1.60. The topological polar surface area (TPSA) is 96.0 Å². The van der Waals surface area contributed by atoms with Gasteiger partial charge in [0.25, 0.3) is 0 Å². The van der Waals surface area contributed by atoms with Gasteiger partial charge >= 0.3 is 6.01 Å². The van der Waals surface area contributed by atoms with Gasteiger partial charge in [-0.15, -0.1) is 0 Å². The summed E-state index contributed by atoms with van der Waals surface area (Å²) >= 11 is 0. The molecule has 7 heteroatoms. The summed E-state index contributed by atoms with van der Waals surface area (Å²) in [6.45, 7) is 5.21. The van der Waals surface area contributed by atoms with Crippen molar-refractivity contribution < 1.29 is 9.47 Å². The fourth-order valence-corrected chi connectivity index (χ4v) is 1.60. The standard InChI is InChI=1S/C14H19N5O2/c1-3-5-20-11-7-10(8-16-9-11)12-17-13(15)19-14(18-12)21-6-4-2/h7-9H,3-6H2,1-2H3,(H2,15,17,18,19). The van der Waals surface area contributed by atoms with Gasteiger partial charge in [-0.2, -0.15) is 15.0 Å². The molecule has 2 N–H and O–H groups in total. The second-order valence-electron chi connectivity index (χ2n) is 4.41. The smallest absolute Gasteiger partial charge is 0.321 e. The molecule has 0 aliphatic carbocycles. The SMILES string of the molecule is CCCOc1cncc(-c2nc(N)nc(OCCC)n2)c1. The van der Waals surface area contributed by atoms with E-state index in [2.05, 4.69) is 19.9 Å². The summed E-state index contributed by atoms with van der Waals surface area (Å²) in [6, 6.07) is 2.04. The van der Waals surface area contributed by atoms with Gasteiger partial charge in [0.15, 0.2) is 5.82 Å². The van der Waals surface area contributed by atoms with Gasteiger partial charge < -0.3 is 15.2 Å². The van der Waals surface area contributed by atoms with Crippen LogP contribution in [0.5, 0.6) is 11.8 Å². The van der Waals surface area contributed by atoms with Crippen molar-refractivity contribution >= 4 is 5.95 Å². The first-order chi connectivity index (χ1) is 10.2. The molecule has 0 aliphatic rings. The maximum absolute atomic E-state index is 5.69. The predicted octanol–water partition coefficient (Wildman–Crippen LogP) is 2.09. The molecule has 2 aromatic rings. The van der Waals surface area contributed by atoms with E-state index in [4.69, 9.17) is 15.2 Å². The summed E-state index contributed by atoms with van der Waals surface area (Å²) in [5, 5.41) is 0. The zero-order valence-electron chi connectivity index (χ0n) is 12.2. The molecule has 0 saturated carbocycles. The number of nitrogens with zero attached hydrogens (tertiary/aromatic N) is 4. The van der Waals surface area contributed by atoms with Crippen molar-refractivity contribution in [2.45, 2.75) is 26.7 Å². The summed E-state index contributed by atoms with van der Waals surface area (Å²) in [7, 11) is 0. The number of nitrogen functional groups attached to an aromatic ring is 1. The number of pyridine rings is 1. The van der Waals surface area contributed by atoms with Crippen molar-refractivity contribution in [3.05, 3.63) is 18.5 Å². The average Bonchev–Trinajstić information content (AvgIpc) is 2.50. The monoisotopic (exact) mass is 289 g/mol. The molecule has 0 fully saturated rings. The predicted molar refractivity (Wildman–Crippen MR) is 79.0 cm³/mol. The second kappa shape index (κ2) is 7.37. The van der Waals surface area contributed by atoms with E-state index in [0.29, 0.717) is 30.4 Å². The number of nitrogens with two attached hydrogens (primary N) is 1. The maximum atomic E-state index is 5.69. The summed E-state index contributed by atoms with van der Waals surface area (Å²) < 4.78 is 10.9. The maximum Gasteiger partial charge on any atom is 0.321 e. The van der Waals surface area contributed by atoms with Crippen LogP contribution in [-0.4, -0.2) is 33.1 Å². The van der Waals surface area contributed by atoms with E-state index in [1.807, 2.05) is 19.9 Å². The van der Waals surface area contributed by atoms with Crippen LogP contribution in [-0.2, 0) is 0 Å². The molecule has 0 bridgehead atoms. The first-order valence-electron chi connectivity index (χ1n) is 6.95. The molecule has 2 aromatic heterocycles. The van der Waals surface area contributed by atoms with E-state index in [1.165, 1.54) is 0 Å². The number of rotatable bonds is 7. The molecular formula is C14H19N5O2.